The molecule has 1 aromatic heterocycles. The van der Waals surface area contributed by atoms with Crippen molar-refractivity contribution in [3.63, 3.8) is 0 Å². The zero-order valence-electron chi connectivity index (χ0n) is 22.4. The SMILES string of the molecule is CC(C)OCCN1C=C(C(=O)Nc2ccc(Oc3ccnc(C(N)=O)c3Cl)c(F)c2)C(=O)N(c2ccc(F)cc2)C1O. The largest absolute Gasteiger partial charge is 0.453 e. The van der Waals surface area contributed by atoms with Gasteiger partial charge in [0.05, 0.1) is 12.7 Å². The molecule has 3 amide bonds. The number of hydrogen-bond donors (Lipinski definition) is 3. The Labute approximate surface area is 244 Å². The number of pyridine rings is 1. The Morgan fingerprint density at radius 3 is 2.50 bits per heavy atom. The minimum absolute atomic E-state index is 0.0219. The van der Waals surface area contributed by atoms with Crippen molar-refractivity contribution in [2.24, 2.45) is 5.73 Å². The smallest absolute Gasteiger partial charge is 0.268 e. The van der Waals surface area contributed by atoms with Crippen LogP contribution in [0.15, 0.2) is 66.5 Å². The van der Waals surface area contributed by atoms with Crippen LogP contribution in [0.3, 0.4) is 0 Å². The normalized spacial score (nSPS) is 15.1. The average Bonchev–Trinajstić information content (AvgIpc) is 2.93. The highest BCUT2D eigenvalue weighted by Gasteiger charge is 2.37. The molecule has 14 heteroatoms. The third-order valence-electron chi connectivity index (χ3n) is 5.92. The summed E-state index contributed by atoms with van der Waals surface area (Å²) < 4.78 is 39.5. The standard InChI is InChI=1S/C28H26ClF2N5O6/c1-15(2)41-12-11-35-14-19(27(39)36(28(35)40)18-6-3-16(30)4-7-18)26(38)34-17-5-8-21(20(31)13-17)42-22-9-10-33-24(23(22)29)25(32)37/h3-10,13-15,28,40H,11-12H2,1-2H3,(H2,32,37)(H,34,38). The second-order valence-corrected chi connectivity index (χ2v) is 9.61. The van der Waals surface area contributed by atoms with E-state index in [4.69, 9.17) is 26.8 Å². The van der Waals surface area contributed by atoms with Gasteiger partial charge >= 0.3 is 0 Å². The summed E-state index contributed by atoms with van der Waals surface area (Å²) in [6, 6.07) is 9.57. The van der Waals surface area contributed by atoms with Gasteiger partial charge in [-0.3, -0.25) is 19.3 Å². The third kappa shape index (κ3) is 6.82. The fraction of sp³-hybridized carbons (Fsp3) is 0.214. The molecule has 2 aromatic carbocycles. The minimum Gasteiger partial charge on any atom is -0.453 e. The van der Waals surface area contributed by atoms with Crippen LogP contribution in [0.25, 0.3) is 0 Å². The second-order valence-electron chi connectivity index (χ2n) is 9.24. The zero-order chi connectivity index (χ0) is 30.6. The average molecular weight is 602 g/mol. The fourth-order valence-corrected chi connectivity index (χ4v) is 4.15. The van der Waals surface area contributed by atoms with E-state index in [1.807, 2.05) is 13.8 Å². The zero-order valence-corrected chi connectivity index (χ0v) is 23.1. The number of benzene rings is 2. The summed E-state index contributed by atoms with van der Waals surface area (Å²) in [5.41, 5.74) is 4.71. The third-order valence-corrected chi connectivity index (χ3v) is 6.28. The predicted molar refractivity (Wildman–Crippen MR) is 149 cm³/mol. The molecule has 4 N–H and O–H groups in total. The van der Waals surface area contributed by atoms with Crippen LogP contribution < -0.4 is 20.7 Å². The predicted octanol–water partition coefficient (Wildman–Crippen LogP) is 3.78. The molecule has 11 nitrogen and oxygen atoms in total. The number of ether oxygens (including phenoxy) is 2. The van der Waals surface area contributed by atoms with E-state index in [2.05, 4.69) is 10.3 Å². The first-order valence-electron chi connectivity index (χ1n) is 12.6. The second kappa shape index (κ2) is 12.9. The van der Waals surface area contributed by atoms with Crippen LogP contribution in [-0.4, -0.2) is 58.3 Å². The molecule has 1 aliphatic heterocycles. The molecule has 0 spiro atoms. The number of halogens is 3. The van der Waals surface area contributed by atoms with Crippen LogP contribution in [-0.2, 0) is 14.3 Å². The number of hydrogen-bond acceptors (Lipinski definition) is 8. The fourth-order valence-electron chi connectivity index (χ4n) is 3.91. The highest BCUT2D eigenvalue weighted by Crippen LogP contribution is 2.33. The maximum atomic E-state index is 14.9. The van der Waals surface area contributed by atoms with Gasteiger partial charge in [-0.1, -0.05) is 11.6 Å². The van der Waals surface area contributed by atoms with Crippen LogP contribution >= 0.6 is 11.6 Å². The van der Waals surface area contributed by atoms with Crippen LogP contribution in [0.1, 0.15) is 24.3 Å². The molecule has 0 saturated carbocycles. The van der Waals surface area contributed by atoms with E-state index in [9.17, 15) is 28.3 Å². The molecule has 220 valence electrons. The first-order chi connectivity index (χ1) is 20.0. The summed E-state index contributed by atoms with van der Waals surface area (Å²) >= 11 is 6.08. The Kier molecular flexibility index (Phi) is 9.35. The van der Waals surface area contributed by atoms with E-state index in [0.717, 1.165) is 23.1 Å². The summed E-state index contributed by atoms with van der Waals surface area (Å²) in [6.45, 7) is 3.93. The molecule has 3 aromatic rings. The van der Waals surface area contributed by atoms with Gasteiger partial charge in [-0.25, -0.2) is 13.8 Å². The minimum atomic E-state index is -1.51. The van der Waals surface area contributed by atoms with Crippen LogP contribution in [0.5, 0.6) is 11.5 Å². The molecular formula is C28H26ClF2N5O6. The molecule has 0 aliphatic carbocycles. The van der Waals surface area contributed by atoms with Gasteiger partial charge in [0.15, 0.2) is 11.6 Å². The van der Waals surface area contributed by atoms with Gasteiger partial charge in [-0.05, 0) is 50.2 Å². The molecule has 2 heterocycles. The van der Waals surface area contributed by atoms with Gasteiger partial charge in [0.25, 0.3) is 17.7 Å². The number of carbonyl (C=O) groups excluding carboxylic acids is 3. The number of aromatic nitrogens is 1. The molecule has 0 saturated heterocycles. The maximum absolute atomic E-state index is 14.9. The number of nitrogens with two attached hydrogens (primary N) is 1. The lowest BCUT2D eigenvalue weighted by atomic mass is 10.1. The van der Waals surface area contributed by atoms with Crippen LogP contribution in [0.2, 0.25) is 5.02 Å². The van der Waals surface area contributed by atoms with E-state index >= 15 is 0 Å². The molecule has 1 atom stereocenters. The first kappa shape index (κ1) is 30.4. The lowest BCUT2D eigenvalue weighted by Crippen LogP contribution is -2.55. The Hall–Kier alpha value is -4.59. The summed E-state index contributed by atoms with van der Waals surface area (Å²) in [4.78, 5) is 44.0. The van der Waals surface area contributed by atoms with Crippen molar-refractivity contribution in [3.8, 4) is 11.5 Å². The Morgan fingerprint density at radius 1 is 1.14 bits per heavy atom. The lowest BCUT2D eigenvalue weighted by Gasteiger charge is -2.39. The molecule has 0 bridgehead atoms. The highest BCUT2D eigenvalue weighted by atomic mass is 35.5. The summed E-state index contributed by atoms with van der Waals surface area (Å²) in [6.07, 6.45) is 0.781. The van der Waals surface area contributed by atoms with E-state index in [-0.39, 0.29) is 58.4 Å². The first-order valence-corrected chi connectivity index (χ1v) is 12.9. The monoisotopic (exact) mass is 601 g/mol. The van der Waals surface area contributed by atoms with E-state index in [0.29, 0.717) is 0 Å². The Balaban J connectivity index is 1.57. The lowest BCUT2D eigenvalue weighted by molar-refractivity contribution is -0.124. The van der Waals surface area contributed by atoms with Gasteiger partial charge < -0.3 is 30.5 Å². The molecule has 42 heavy (non-hydrogen) atoms. The van der Waals surface area contributed by atoms with Crippen molar-refractivity contribution < 1.29 is 37.7 Å². The van der Waals surface area contributed by atoms with Gasteiger partial charge in [0, 0.05) is 42.4 Å². The van der Waals surface area contributed by atoms with Gasteiger partial charge in [0.2, 0.25) is 6.35 Å². The molecule has 1 aliphatic rings. The summed E-state index contributed by atoms with van der Waals surface area (Å²) in [5.74, 6) is -4.48. The number of aliphatic hydroxyl groups is 1. The number of primary amides is 1. The van der Waals surface area contributed by atoms with Crippen molar-refractivity contribution in [2.75, 3.05) is 23.4 Å². The van der Waals surface area contributed by atoms with Gasteiger partial charge in [-0.15, -0.1) is 0 Å². The van der Waals surface area contributed by atoms with E-state index < -0.39 is 35.7 Å². The number of carbonyl (C=O) groups is 3. The van der Waals surface area contributed by atoms with Crippen molar-refractivity contribution in [1.82, 2.24) is 9.88 Å². The molecule has 0 fully saturated rings. The van der Waals surface area contributed by atoms with E-state index in [1.165, 1.54) is 47.6 Å². The summed E-state index contributed by atoms with van der Waals surface area (Å²) in [5, 5.41) is 13.2. The van der Waals surface area contributed by atoms with Crippen molar-refractivity contribution in [2.45, 2.75) is 26.3 Å². The van der Waals surface area contributed by atoms with Crippen molar-refractivity contribution in [1.29, 1.82) is 0 Å². The Bertz CT molecular complexity index is 1540. The maximum Gasteiger partial charge on any atom is 0.268 e. The number of anilines is 2. The van der Waals surface area contributed by atoms with Crippen molar-refractivity contribution >= 4 is 40.7 Å². The number of amides is 3. The Morgan fingerprint density at radius 2 is 1.86 bits per heavy atom. The molecule has 4 rings (SSSR count). The molecular weight excluding hydrogens is 576 g/mol. The molecule has 0 radical (unpaired) electrons. The summed E-state index contributed by atoms with van der Waals surface area (Å²) in [7, 11) is 0. The van der Waals surface area contributed by atoms with Crippen LogP contribution in [0, 0.1) is 11.6 Å². The quantitative estimate of drug-likeness (QED) is 0.298. The number of rotatable bonds is 10. The number of nitrogens with one attached hydrogen (secondary N) is 1. The van der Waals surface area contributed by atoms with Gasteiger partial charge in [-0.2, -0.15) is 0 Å². The number of aliphatic hydroxyl groups excluding tert-OH is 1. The molecule has 1 unspecified atom stereocenters. The number of nitrogens with zero attached hydrogens (tertiary/aromatic N) is 3. The van der Waals surface area contributed by atoms with Gasteiger partial charge in [0.1, 0.15) is 27.9 Å². The topological polar surface area (TPSA) is 147 Å². The highest BCUT2D eigenvalue weighted by molar-refractivity contribution is 6.34. The van der Waals surface area contributed by atoms with E-state index in [1.54, 1.807) is 0 Å². The van der Waals surface area contributed by atoms with Crippen molar-refractivity contribution in [3.05, 3.63) is 88.9 Å². The van der Waals surface area contributed by atoms with Crippen LogP contribution in [0.4, 0.5) is 20.2 Å².